The van der Waals surface area contributed by atoms with E-state index in [1.54, 1.807) is 19.1 Å². The fourth-order valence-electron chi connectivity index (χ4n) is 2.15. The van der Waals surface area contributed by atoms with Crippen LogP contribution in [-0.2, 0) is 16.4 Å². The molecular formula is C13H16F3NO2S. The summed E-state index contributed by atoms with van der Waals surface area (Å²) in [6.07, 6.45) is -3.31. The first-order valence-electron chi connectivity index (χ1n) is 6.42. The van der Waals surface area contributed by atoms with Gasteiger partial charge in [-0.3, -0.25) is 0 Å². The van der Waals surface area contributed by atoms with Crippen molar-refractivity contribution in [1.82, 2.24) is 4.72 Å². The number of halogens is 3. The number of aryl methyl sites for hydroxylation is 1. The standard InChI is InChI=1S/C13H16F3NO2S/c1-2-9-5-3-4-6-11(9)20(18,19)17-12(10-7-8-10)13(14,15)16/h3-6,10,12,17H,2,7-8H2,1H3. The molecule has 0 heterocycles. The van der Waals surface area contributed by atoms with Crippen LogP contribution in [0.4, 0.5) is 13.2 Å². The molecule has 0 amide bonds. The van der Waals surface area contributed by atoms with Crippen molar-refractivity contribution in [2.75, 3.05) is 0 Å². The summed E-state index contributed by atoms with van der Waals surface area (Å²) < 4.78 is 65.0. The molecule has 7 heteroatoms. The SMILES string of the molecule is CCc1ccccc1S(=O)(=O)NC(C1CC1)C(F)(F)F. The topological polar surface area (TPSA) is 46.2 Å². The van der Waals surface area contributed by atoms with Crippen LogP contribution in [-0.4, -0.2) is 20.6 Å². The lowest BCUT2D eigenvalue weighted by atomic mass is 10.2. The molecule has 3 nitrogen and oxygen atoms in total. The van der Waals surface area contributed by atoms with Gasteiger partial charge in [0.15, 0.2) is 0 Å². The van der Waals surface area contributed by atoms with Crippen LogP contribution in [0.2, 0.25) is 0 Å². The zero-order chi connectivity index (χ0) is 15.0. The zero-order valence-corrected chi connectivity index (χ0v) is 11.8. The smallest absolute Gasteiger partial charge is 0.207 e. The van der Waals surface area contributed by atoms with Gasteiger partial charge in [0.25, 0.3) is 0 Å². The molecule has 20 heavy (non-hydrogen) atoms. The third kappa shape index (κ3) is 3.32. The maximum atomic E-state index is 12.9. The molecule has 1 aliphatic carbocycles. The summed E-state index contributed by atoms with van der Waals surface area (Å²) in [4.78, 5) is -0.0719. The van der Waals surface area contributed by atoms with Gasteiger partial charge in [-0.1, -0.05) is 25.1 Å². The van der Waals surface area contributed by atoms with Crippen molar-refractivity contribution in [3.8, 4) is 0 Å². The van der Waals surface area contributed by atoms with Crippen LogP contribution in [0.25, 0.3) is 0 Å². The number of benzene rings is 1. The van der Waals surface area contributed by atoms with E-state index in [9.17, 15) is 21.6 Å². The molecule has 1 N–H and O–H groups in total. The molecule has 0 saturated heterocycles. The Morgan fingerprint density at radius 1 is 1.30 bits per heavy atom. The highest BCUT2D eigenvalue weighted by atomic mass is 32.2. The first kappa shape index (κ1) is 15.3. The van der Waals surface area contributed by atoms with E-state index in [4.69, 9.17) is 0 Å². The van der Waals surface area contributed by atoms with E-state index in [0.29, 0.717) is 24.8 Å². The second-order valence-corrected chi connectivity index (χ2v) is 6.62. The largest absolute Gasteiger partial charge is 0.405 e. The first-order chi connectivity index (χ1) is 9.25. The maximum Gasteiger partial charge on any atom is 0.405 e. The summed E-state index contributed by atoms with van der Waals surface area (Å²) >= 11 is 0. The van der Waals surface area contributed by atoms with Gasteiger partial charge in [-0.25, -0.2) is 8.42 Å². The minimum atomic E-state index is -4.56. The van der Waals surface area contributed by atoms with Crippen molar-refractivity contribution in [2.45, 2.75) is 43.3 Å². The van der Waals surface area contributed by atoms with Crippen molar-refractivity contribution < 1.29 is 21.6 Å². The third-order valence-electron chi connectivity index (χ3n) is 3.37. The Labute approximate surface area is 116 Å². The van der Waals surface area contributed by atoms with E-state index in [1.807, 2.05) is 4.72 Å². The van der Waals surface area contributed by atoms with Crippen molar-refractivity contribution in [2.24, 2.45) is 5.92 Å². The molecule has 112 valence electrons. The predicted molar refractivity (Wildman–Crippen MR) is 68.7 cm³/mol. The van der Waals surface area contributed by atoms with E-state index in [0.717, 1.165) is 0 Å². The molecule has 1 aromatic rings. The van der Waals surface area contributed by atoms with Crippen LogP contribution >= 0.6 is 0 Å². The summed E-state index contributed by atoms with van der Waals surface area (Å²) in [5.41, 5.74) is 0.511. The molecule has 0 bridgehead atoms. The second-order valence-electron chi connectivity index (χ2n) is 4.94. The lowest BCUT2D eigenvalue weighted by Crippen LogP contribution is -2.46. The molecule has 1 saturated carbocycles. The van der Waals surface area contributed by atoms with Gasteiger partial charge < -0.3 is 0 Å². The molecule has 1 aromatic carbocycles. The Balaban J connectivity index is 2.30. The lowest BCUT2D eigenvalue weighted by Gasteiger charge is -2.22. The fourth-order valence-corrected chi connectivity index (χ4v) is 3.75. The number of rotatable bonds is 5. The molecule has 1 unspecified atom stereocenters. The van der Waals surface area contributed by atoms with Crippen molar-refractivity contribution in [3.05, 3.63) is 29.8 Å². The molecule has 2 rings (SSSR count). The van der Waals surface area contributed by atoms with E-state index in [-0.39, 0.29) is 4.90 Å². The maximum absolute atomic E-state index is 12.9. The number of hydrogen-bond acceptors (Lipinski definition) is 2. The highest BCUT2D eigenvalue weighted by molar-refractivity contribution is 7.89. The van der Waals surface area contributed by atoms with Gasteiger partial charge in [0, 0.05) is 0 Å². The number of nitrogens with one attached hydrogen (secondary N) is 1. The summed E-state index contributed by atoms with van der Waals surface area (Å²) in [7, 11) is -4.16. The van der Waals surface area contributed by atoms with E-state index >= 15 is 0 Å². The molecular weight excluding hydrogens is 291 g/mol. The Morgan fingerprint density at radius 2 is 1.90 bits per heavy atom. The molecule has 1 fully saturated rings. The molecule has 0 spiro atoms. The van der Waals surface area contributed by atoms with Gasteiger partial charge in [-0.2, -0.15) is 17.9 Å². The van der Waals surface area contributed by atoms with Crippen LogP contribution in [0.3, 0.4) is 0 Å². The summed E-state index contributed by atoms with van der Waals surface area (Å²) in [6.45, 7) is 1.76. The number of alkyl halides is 3. The van der Waals surface area contributed by atoms with E-state index in [1.165, 1.54) is 12.1 Å². The minimum absolute atomic E-state index is 0.0719. The highest BCUT2D eigenvalue weighted by Crippen LogP contribution is 2.40. The summed E-state index contributed by atoms with van der Waals surface area (Å²) in [6, 6.07) is 4.13. The fraction of sp³-hybridized carbons (Fsp3) is 0.538. The average Bonchev–Trinajstić information content (AvgIpc) is 3.19. The number of sulfonamides is 1. The summed E-state index contributed by atoms with van der Waals surface area (Å²) in [5, 5.41) is 0. The minimum Gasteiger partial charge on any atom is -0.207 e. The van der Waals surface area contributed by atoms with Gasteiger partial charge in [-0.05, 0) is 36.8 Å². The van der Waals surface area contributed by atoms with Crippen LogP contribution in [0.5, 0.6) is 0 Å². The van der Waals surface area contributed by atoms with Crippen LogP contribution < -0.4 is 4.72 Å². The lowest BCUT2D eigenvalue weighted by molar-refractivity contribution is -0.155. The third-order valence-corrected chi connectivity index (χ3v) is 4.91. The van der Waals surface area contributed by atoms with E-state index < -0.39 is 28.2 Å². The number of hydrogen-bond donors (Lipinski definition) is 1. The van der Waals surface area contributed by atoms with Gasteiger partial charge in [-0.15, -0.1) is 0 Å². The predicted octanol–water partition coefficient (Wildman–Crippen LogP) is 2.87. The van der Waals surface area contributed by atoms with Crippen molar-refractivity contribution in [3.63, 3.8) is 0 Å². The van der Waals surface area contributed by atoms with Gasteiger partial charge in [0.05, 0.1) is 4.90 Å². The zero-order valence-electron chi connectivity index (χ0n) is 10.9. The first-order valence-corrected chi connectivity index (χ1v) is 7.91. The van der Waals surface area contributed by atoms with Crippen molar-refractivity contribution >= 4 is 10.0 Å². The Bertz CT molecular complexity index is 580. The van der Waals surface area contributed by atoms with Crippen molar-refractivity contribution in [1.29, 1.82) is 0 Å². The van der Waals surface area contributed by atoms with Gasteiger partial charge in [0.1, 0.15) is 6.04 Å². The molecule has 0 aliphatic heterocycles. The molecule has 1 atom stereocenters. The van der Waals surface area contributed by atoms with E-state index in [2.05, 4.69) is 0 Å². The van der Waals surface area contributed by atoms with Crippen LogP contribution in [0.15, 0.2) is 29.2 Å². The Morgan fingerprint density at radius 3 is 2.40 bits per heavy atom. The quantitative estimate of drug-likeness (QED) is 0.909. The Hall–Kier alpha value is -1.08. The van der Waals surface area contributed by atoms with Gasteiger partial charge >= 0.3 is 6.18 Å². The van der Waals surface area contributed by atoms with Gasteiger partial charge in [0.2, 0.25) is 10.0 Å². The van der Waals surface area contributed by atoms with Crippen LogP contribution in [0, 0.1) is 5.92 Å². The monoisotopic (exact) mass is 307 g/mol. The molecule has 0 aromatic heterocycles. The molecule has 1 aliphatic rings. The normalized spacial score (nSPS) is 18.0. The average molecular weight is 307 g/mol. The van der Waals surface area contributed by atoms with Crippen LogP contribution in [0.1, 0.15) is 25.3 Å². The second kappa shape index (κ2) is 5.37. The molecule has 0 radical (unpaired) electrons. The summed E-state index contributed by atoms with van der Waals surface area (Å²) in [5.74, 6) is -0.640. The Kier molecular flexibility index (Phi) is 4.11. The highest BCUT2D eigenvalue weighted by Gasteiger charge is 2.50.